The van der Waals surface area contributed by atoms with Crippen LogP contribution in [0.15, 0.2) is 10.9 Å². The van der Waals surface area contributed by atoms with Gasteiger partial charge in [-0.2, -0.15) is 0 Å². The van der Waals surface area contributed by atoms with Crippen molar-refractivity contribution in [1.29, 1.82) is 0 Å². The number of aliphatic hydroxyl groups is 1. The van der Waals surface area contributed by atoms with E-state index in [0.717, 1.165) is 37.3 Å². The quantitative estimate of drug-likeness (QED) is 0.835. The molecule has 2 heterocycles. The van der Waals surface area contributed by atoms with E-state index in [1.807, 2.05) is 6.92 Å². The molecule has 0 saturated carbocycles. The molecule has 0 radical (unpaired) electrons. The van der Waals surface area contributed by atoms with E-state index < -0.39 is 0 Å². The summed E-state index contributed by atoms with van der Waals surface area (Å²) in [6.07, 6.45) is 5.10. The van der Waals surface area contributed by atoms with Crippen molar-refractivity contribution in [3.05, 3.63) is 27.9 Å². The first-order valence-electron chi connectivity index (χ1n) is 7.17. The Labute approximate surface area is 113 Å². The first-order chi connectivity index (χ1) is 9.22. The molecule has 0 amide bonds. The van der Waals surface area contributed by atoms with Gasteiger partial charge in [-0.1, -0.05) is 13.3 Å². The number of aliphatic hydroxyl groups excluding tert-OH is 1. The van der Waals surface area contributed by atoms with Crippen LogP contribution in [-0.4, -0.2) is 39.2 Å². The SMILES string of the molecule is CCc1cc(=O)[nH]c(CN2CCCCC2CCO)n1. The van der Waals surface area contributed by atoms with Crippen LogP contribution in [0, 0.1) is 0 Å². The first kappa shape index (κ1) is 14.2. The Balaban J connectivity index is 2.09. The third-order valence-electron chi connectivity index (χ3n) is 3.77. The van der Waals surface area contributed by atoms with E-state index in [1.165, 1.54) is 12.8 Å². The number of aryl methyl sites for hydroxylation is 1. The molecule has 1 atom stereocenters. The molecule has 1 saturated heterocycles. The van der Waals surface area contributed by atoms with E-state index in [-0.39, 0.29) is 12.2 Å². The summed E-state index contributed by atoms with van der Waals surface area (Å²) in [6.45, 7) is 3.92. The highest BCUT2D eigenvalue weighted by molar-refractivity contribution is 5.02. The van der Waals surface area contributed by atoms with Gasteiger partial charge in [-0.15, -0.1) is 0 Å². The van der Waals surface area contributed by atoms with Crippen LogP contribution in [0.25, 0.3) is 0 Å². The summed E-state index contributed by atoms with van der Waals surface area (Å²) in [7, 11) is 0. The van der Waals surface area contributed by atoms with Gasteiger partial charge >= 0.3 is 0 Å². The van der Waals surface area contributed by atoms with Crippen LogP contribution in [0.5, 0.6) is 0 Å². The molecule has 0 aliphatic carbocycles. The van der Waals surface area contributed by atoms with Gasteiger partial charge in [0.25, 0.3) is 5.56 Å². The minimum Gasteiger partial charge on any atom is -0.396 e. The monoisotopic (exact) mass is 265 g/mol. The van der Waals surface area contributed by atoms with Crippen LogP contribution in [0.2, 0.25) is 0 Å². The number of nitrogens with zero attached hydrogens (tertiary/aromatic N) is 2. The van der Waals surface area contributed by atoms with E-state index in [1.54, 1.807) is 6.07 Å². The van der Waals surface area contributed by atoms with Gasteiger partial charge in [-0.25, -0.2) is 4.98 Å². The standard InChI is InChI=1S/C14H23N3O2/c1-2-11-9-14(19)16-13(15-11)10-17-7-4-3-5-12(17)6-8-18/h9,12,18H,2-8,10H2,1H3,(H,15,16,19). The maximum Gasteiger partial charge on any atom is 0.251 e. The Morgan fingerprint density at radius 3 is 3.11 bits per heavy atom. The average molecular weight is 265 g/mol. The van der Waals surface area contributed by atoms with Gasteiger partial charge in [0.1, 0.15) is 5.82 Å². The van der Waals surface area contributed by atoms with E-state index in [2.05, 4.69) is 14.9 Å². The molecule has 1 unspecified atom stereocenters. The highest BCUT2D eigenvalue weighted by Crippen LogP contribution is 2.20. The lowest BCUT2D eigenvalue weighted by Gasteiger charge is -2.35. The molecule has 19 heavy (non-hydrogen) atoms. The molecule has 1 aliphatic rings. The molecule has 0 spiro atoms. The molecule has 2 N–H and O–H groups in total. The molecule has 5 nitrogen and oxygen atoms in total. The number of likely N-dealkylation sites (tertiary alicyclic amines) is 1. The lowest BCUT2D eigenvalue weighted by molar-refractivity contribution is 0.109. The van der Waals surface area contributed by atoms with Gasteiger partial charge in [0.2, 0.25) is 0 Å². The third-order valence-corrected chi connectivity index (χ3v) is 3.77. The molecule has 2 rings (SSSR count). The maximum absolute atomic E-state index is 11.6. The highest BCUT2D eigenvalue weighted by Gasteiger charge is 2.22. The predicted molar refractivity (Wildman–Crippen MR) is 74.0 cm³/mol. The van der Waals surface area contributed by atoms with Gasteiger partial charge in [0.15, 0.2) is 0 Å². The Morgan fingerprint density at radius 1 is 1.53 bits per heavy atom. The summed E-state index contributed by atoms with van der Waals surface area (Å²) < 4.78 is 0. The van der Waals surface area contributed by atoms with Gasteiger partial charge in [0, 0.05) is 24.4 Å². The van der Waals surface area contributed by atoms with Crippen molar-refractivity contribution in [3.8, 4) is 0 Å². The minimum absolute atomic E-state index is 0.0717. The zero-order valence-corrected chi connectivity index (χ0v) is 11.6. The third kappa shape index (κ3) is 3.88. The summed E-state index contributed by atoms with van der Waals surface area (Å²) in [5, 5.41) is 9.13. The van der Waals surface area contributed by atoms with E-state index in [0.29, 0.717) is 12.6 Å². The van der Waals surface area contributed by atoms with Gasteiger partial charge in [-0.3, -0.25) is 9.69 Å². The minimum atomic E-state index is -0.0717. The molecule has 0 bridgehead atoms. The average Bonchev–Trinajstić information content (AvgIpc) is 2.40. The molecule has 1 aliphatic heterocycles. The fraction of sp³-hybridized carbons (Fsp3) is 0.714. The number of nitrogens with one attached hydrogen (secondary N) is 1. The van der Waals surface area contributed by atoms with Gasteiger partial charge < -0.3 is 10.1 Å². The van der Waals surface area contributed by atoms with Crippen molar-refractivity contribution in [2.75, 3.05) is 13.2 Å². The van der Waals surface area contributed by atoms with Crippen LogP contribution in [0.1, 0.15) is 44.1 Å². The summed E-state index contributed by atoms with van der Waals surface area (Å²) in [5.41, 5.74) is 0.770. The second-order valence-corrected chi connectivity index (χ2v) is 5.17. The fourth-order valence-corrected chi connectivity index (χ4v) is 2.76. The molecule has 0 aromatic carbocycles. The van der Waals surface area contributed by atoms with Crippen molar-refractivity contribution in [1.82, 2.24) is 14.9 Å². The van der Waals surface area contributed by atoms with E-state index in [9.17, 15) is 4.79 Å². The topological polar surface area (TPSA) is 69.2 Å². The molecule has 5 heteroatoms. The number of H-pyrrole nitrogens is 1. The Hall–Kier alpha value is -1.20. The summed E-state index contributed by atoms with van der Waals surface area (Å²) >= 11 is 0. The second-order valence-electron chi connectivity index (χ2n) is 5.17. The summed E-state index contributed by atoms with van der Waals surface area (Å²) in [6, 6.07) is 1.97. The fourth-order valence-electron chi connectivity index (χ4n) is 2.76. The molecule has 1 aromatic heterocycles. The summed E-state index contributed by atoms with van der Waals surface area (Å²) in [4.78, 5) is 21.2. The highest BCUT2D eigenvalue weighted by atomic mass is 16.3. The van der Waals surface area contributed by atoms with Crippen molar-refractivity contribution in [2.45, 2.75) is 51.6 Å². The lowest BCUT2D eigenvalue weighted by Crippen LogP contribution is -2.40. The number of hydrogen-bond acceptors (Lipinski definition) is 4. The van der Waals surface area contributed by atoms with E-state index >= 15 is 0 Å². The van der Waals surface area contributed by atoms with Crippen molar-refractivity contribution in [3.63, 3.8) is 0 Å². The van der Waals surface area contributed by atoms with Gasteiger partial charge in [0.05, 0.1) is 6.54 Å². The summed E-state index contributed by atoms with van der Waals surface area (Å²) in [5.74, 6) is 0.745. The van der Waals surface area contributed by atoms with Crippen LogP contribution in [-0.2, 0) is 13.0 Å². The number of rotatable bonds is 5. The van der Waals surface area contributed by atoms with Crippen molar-refractivity contribution >= 4 is 0 Å². The Bertz CT molecular complexity index is 456. The predicted octanol–water partition coefficient (Wildman–Crippen LogP) is 1.07. The van der Waals surface area contributed by atoms with Crippen LogP contribution >= 0.6 is 0 Å². The largest absolute Gasteiger partial charge is 0.396 e. The molecular weight excluding hydrogens is 242 g/mol. The number of aromatic nitrogens is 2. The zero-order chi connectivity index (χ0) is 13.7. The smallest absolute Gasteiger partial charge is 0.251 e. The Morgan fingerprint density at radius 2 is 2.37 bits per heavy atom. The van der Waals surface area contributed by atoms with E-state index in [4.69, 9.17) is 5.11 Å². The molecule has 1 aromatic rings. The molecule has 106 valence electrons. The number of piperidine rings is 1. The number of hydrogen-bond donors (Lipinski definition) is 2. The van der Waals surface area contributed by atoms with Gasteiger partial charge in [-0.05, 0) is 32.2 Å². The number of aromatic amines is 1. The van der Waals surface area contributed by atoms with Crippen LogP contribution in [0.4, 0.5) is 0 Å². The maximum atomic E-state index is 11.6. The zero-order valence-electron chi connectivity index (χ0n) is 11.6. The molecular formula is C14H23N3O2. The van der Waals surface area contributed by atoms with Crippen molar-refractivity contribution in [2.24, 2.45) is 0 Å². The molecule has 1 fully saturated rings. The van der Waals surface area contributed by atoms with Crippen molar-refractivity contribution < 1.29 is 5.11 Å². The van der Waals surface area contributed by atoms with Crippen LogP contribution in [0.3, 0.4) is 0 Å². The van der Waals surface area contributed by atoms with Crippen LogP contribution < -0.4 is 5.56 Å². The normalized spacial score (nSPS) is 20.6. The first-order valence-corrected chi connectivity index (χ1v) is 7.17. The lowest BCUT2D eigenvalue weighted by atomic mass is 10.00. The Kier molecular flexibility index (Phi) is 5.10. The second kappa shape index (κ2) is 6.82.